The van der Waals surface area contributed by atoms with E-state index in [4.69, 9.17) is 4.74 Å². The highest BCUT2D eigenvalue weighted by Gasteiger charge is 2.04. The highest BCUT2D eigenvalue weighted by molar-refractivity contribution is 5.70. The highest BCUT2D eigenvalue weighted by Crippen LogP contribution is 2.29. The van der Waals surface area contributed by atoms with Crippen molar-refractivity contribution in [2.24, 2.45) is 0 Å². The second kappa shape index (κ2) is 6.75. The predicted molar refractivity (Wildman–Crippen MR) is 84.2 cm³/mol. The van der Waals surface area contributed by atoms with Crippen LogP contribution in [0.4, 0.5) is 0 Å². The SMILES string of the molecule is c1ccc(-c2ccccc2OCCCn2ccnc2)cc1. The Morgan fingerprint density at radius 1 is 0.952 bits per heavy atom. The number of imidazole rings is 1. The Morgan fingerprint density at radius 2 is 1.76 bits per heavy atom. The first-order valence-corrected chi connectivity index (χ1v) is 7.16. The first-order chi connectivity index (χ1) is 10.4. The van der Waals surface area contributed by atoms with Crippen LogP contribution in [0.25, 0.3) is 11.1 Å². The van der Waals surface area contributed by atoms with E-state index in [2.05, 4.69) is 27.8 Å². The summed E-state index contributed by atoms with van der Waals surface area (Å²) in [5.74, 6) is 0.939. The fourth-order valence-electron chi connectivity index (χ4n) is 2.30. The molecule has 0 aliphatic heterocycles. The lowest BCUT2D eigenvalue weighted by Crippen LogP contribution is -2.03. The van der Waals surface area contributed by atoms with Gasteiger partial charge in [0.1, 0.15) is 5.75 Å². The van der Waals surface area contributed by atoms with E-state index in [1.54, 1.807) is 6.20 Å². The lowest BCUT2D eigenvalue weighted by Gasteiger charge is -2.11. The second-order valence-electron chi connectivity index (χ2n) is 4.86. The predicted octanol–water partition coefficient (Wildman–Crippen LogP) is 4.02. The van der Waals surface area contributed by atoms with Crippen LogP contribution in [0.15, 0.2) is 73.3 Å². The molecule has 0 spiro atoms. The molecule has 0 aliphatic carbocycles. The topological polar surface area (TPSA) is 27.1 Å². The number of hydrogen-bond acceptors (Lipinski definition) is 2. The number of aromatic nitrogens is 2. The Kier molecular flexibility index (Phi) is 4.32. The molecule has 0 fully saturated rings. The second-order valence-corrected chi connectivity index (χ2v) is 4.86. The van der Waals surface area contributed by atoms with Crippen LogP contribution in [0.1, 0.15) is 6.42 Å². The monoisotopic (exact) mass is 278 g/mol. The number of aryl methyl sites for hydroxylation is 1. The number of para-hydroxylation sites is 1. The first-order valence-electron chi connectivity index (χ1n) is 7.16. The van der Waals surface area contributed by atoms with Gasteiger partial charge in [0.25, 0.3) is 0 Å². The van der Waals surface area contributed by atoms with Gasteiger partial charge in [-0.25, -0.2) is 4.98 Å². The van der Waals surface area contributed by atoms with Crippen molar-refractivity contribution in [3.8, 4) is 16.9 Å². The number of benzene rings is 2. The maximum absolute atomic E-state index is 5.96. The van der Waals surface area contributed by atoms with Gasteiger partial charge in [-0.1, -0.05) is 48.5 Å². The molecular weight excluding hydrogens is 260 g/mol. The molecule has 3 rings (SSSR count). The summed E-state index contributed by atoms with van der Waals surface area (Å²) < 4.78 is 8.02. The molecule has 0 amide bonds. The molecule has 0 unspecified atom stereocenters. The van der Waals surface area contributed by atoms with Crippen molar-refractivity contribution in [2.45, 2.75) is 13.0 Å². The van der Waals surface area contributed by atoms with E-state index < -0.39 is 0 Å². The van der Waals surface area contributed by atoms with Gasteiger partial charge >= 0.3 is 0 Å². The Hall–Kier alpha value is -2.55. The quantitative estimate of drug-likeness (QED) is 0.637. The molecule has 1 heterocycles. The first kappa shape index (κ1) is 13.4. The van der Waals surface area contributed by atoms with Crippen LogP contribution < -0.4 is 4.74 Å². The third-order valence-electron chi connectivity index (χ3n) is 3.35. The Balaban J connectivity index is 1.63. The molecule has 3 nitrogen and oxygen atoms in total. The van der Waals surface area contributed by atoms with Gasteiger partial charge in [-0.15, -0.1) is 0 Å². The van der Waals surface area contributed by atoms with E-state index in [0.717, 1.165) is 24.3 Å². The molecule has 3 aromatic rings. The van der Waals surface area contributed by atoms with Gasteiger partial charge < -0.3 is 9.30 Å². The van der Waals surface area contributed by atoms with Crippen LogP contribution >= 0.6 is 0 Å². The van der Waals surface area contributed by atoms with Crippen molar-refractivity contribution < 1.29 is 4.74 Å². The van der Waals surface area contributed by atoms with Gasteiger partial charge in [0, 0.05) is 24.5 Å². The van der Waals surface area contributed by atoms with Crippen molar-refractivity contribution >= 4 is 0 Å². The van der Waals surface area contributed by atoms with E-state index in [0.29, 0.717) is 6.61 Å². The number of nitrogens with zero attached hydrogens (tertiary/aromatic N) is 2. The molecule has 2 aromatic carbocycles. The summed E-state index contributed by atoms with van der Waals surface area (Å²) in [7, 11) is 0. The molecule has 0 bridgehead atoms. The Morgan fingerprint density at radius 3 is 2.57 bits per heavy atom. The summed E-state index contributed by atoms with van der Waals surface area (Å²) in [5.41, 5.74) is 2.32. The molecule has 21 heavy (non-hydrogen) atoms. The molecule has 0 atom stereocenters. The van der Waals surface area contributed by atoms with E-state index >= 15 is 0 Å². The van der Waals surface area contributed by atoms with Gasteiger partial charge in [-0.3, -0.25) is 0 Å². The maximum Gasteiger partial charge on any atom is 0.127 e. The van der Waals surface area contributed by atoms with Gasteiger partial charge in [0.2, 0.25) is 0 Å². The summed E-state index contributed by atoms with van der Waals surface area (Å²) in [6.45, 7) is 1.62. The minimum absolute atomic E-state index is 0.696. The molecule has 0 N–H and O–H groups in total. The van der Waals surface area contributed by atoms with Crippen molar-refractivity contribution in [3.05, 3.63) is 73.3 Å². The smallest absolute Gasteiger partial charge is 0.127 e. The van der Waals surface area contributed by atoms with Gasteiger partial charge in [0.05, 0.1) is 12.9 Å². The molecule has 3 heteroatoms. The van der Waals surface area contributed by atoms with E-state index in [-0.39, 0.29) is 0 Å². The van der Waals surface area contributed by atoms with Crippen LogP contribution in [0.3, 0.4) is 0 Å². The minimum atomic E-state index is 0.696. The fraction of sp³-hybridized carbons (Fsp3) is 0.167. The van der Waals surface area contributed by atoms with Crippen molar-refractivity contribution in [3.63, 3.8) is 0 Å². The third-order valence-corrected chi connectivity index (χ3v) is 3.35. The zero-order valence-electron chi connectivity index (χ0n) is 11.9. The van der Waals surface area contributed by atoms with Crippen LogP contribution in [-0.2, 0) is 6.54 Å². The molecule has 1 aromatic heterocycles. The van der Waals surface area contributed by atoms with Gasteiger partial charge in [0.15, 0.2) is 0 Å². The average Bonchev–Trinajstić information content (AvgIpc) is 3.06. The molecule has 0 radical (unpaired) electrons. The summed E-state index contributed by atoms with van der Waals surface area (Å²) in [6, 6.07) is 18.5. The van der Waals surface area contributed by atoms with Gasteiger partial charge in [-0.2, -0.15) is 0 Å². The molecule has 0 saturated carbocycles. The third kappa shape index (κ3) is 3.51. The molecule has 0 saturated heterocycles. The van der Waals surface area contributed by atoms with E-state index in [1.165, 1.54) is 5.56 Å². The summed E-state index contributed by atoms with van der Waals surface area (Å²) in [4.78, 5) is 4.04. The van der Waals surface area contributed by atoms with Crippen molar-refractivity contribution in [1.82, 2.24) is 9.55 Å². The zero-order chi connectivity index (χ0) is 14.3. The minimum Gasteiger partial charge on any atom is -0.493 e. The molecule has 106 valence electrons. The molecular formula is C18H18N2O. The highest BCUT2D eigenvalue weighted by atomic mass is 16.5. The number of rotatable bonds is 6. The molecule has 0 aliphatic rings. The summed E-state index contributed by atoms with van der Waals surface area (Å²) in [5, 5.41) is 0. The zero-order valence-corrected chi connectivity index (χ0v) is 11.9. The maximum atomic E-state index is 5.96. The Labute approximate surface area is 124 Å². The van der Waals surface area contributed by atoms with Crippen LogP contribution in [0.2, 0.25) is 0 Å². The van der Waals surface area contributed by atoms with Crippen LogP contribution in [0, 0.1) is 0 Å². The number of hydrogen-bond donors (Lipinski definition) is 0. The Bertz CT molecular complexity index is 663. The van der Waals surface area contributed by atoms with Gasteiger partial charge in [-0.05, 0) is 18.1 Å². The summed E-state index contributed by atoms with van der Waals surface area (Å²) >= 11 is 0. The van der Waals surface area contributed by atoms with Crippen molar-refractivity contribution in [1.29, 1.82) is 0 Å². The van der Waals surface area contributed by atoms with Crippen LogP contribution in [-0.4, -0.2) is 16.2 Å². The largest absolute Gasteiger partial charge is 0.493 e. The lowest BCUT2D eigenvalue weighted by atomic mass is 10.1. The average molecular weight is 278 g/mol. The van der Waals surface area contributed by atoms with Crippen molar-refractivity contribution in [2.75, 3.05) is 6.61 Å². The fourth-order valence-corrected chi connectivity index (χ4v) is 2.30. The van der Waals surface area contributed by atoms with E-state index in [1.807, 2.05) is 48.9 Å². The normalized spacial score (nSPS) is 10.5. The lowest BCUT2D eigenvalue weighted by molar-refractivity contribution is 0.303. The van der Waals surface area contributed by atoms with E-state index in [9.17, 15) is 0 Å². The standard InChI is InChI=1S/C18H18N2O/c1-2-7-16(8-3-1)17-9-4-5-10-18(17)21-14-6-12-20-13-11-19-15-20/h1-5,7-11,13,15H,6,12,14H2. The summed E-state index contributed by atoms with van der Waals surface area (Å²) in [6.07, 6.45) is 6.56. The number of ether oxygens (including phenoxy) is 1. The van der Waals surface area contributed by atoms with Crippen LogP contribution in [0.5, 0.6) is 5.75 Å².